The summed E-state index contributed by atoms with van der Waals surface area (Å²) in [7, 11) is 1.72. The fraction of sp³-hybridized carbons (Fsp3) is 0.658. The van der Waals surface area contributed by atoms with Crippen LogP contribution in [0.2, 0.25) is 0 Å². The van der Waals surface area contributed by atoms with Gasteiger partial charge in [0.15, 0.2) is 0 Å². The predicted octanol–water partition coefficient (Wildman–Crippen LogP) is 6.00. The summed E-state index contributed by atoms with van der Waals surface area (Å²) in [5, 5.41) is 0. The van der Waals surface area contributed by atoms with Crippen LogP contribution in [0.4, 0.5) is 4.79 Å². The zero-order valence-corrected chi connectivity index (χ0v) is 32.0. The number of alkyl halides is 1. The topological polar surface area (TPSA) is 103 Å². The van der Waals surface area contributed by atoms with Gasteiger partial charge >= 0.3 is 6.09 Å². The van der Waals surface area contributed by atoms with E-state index in [0.717, 1.165) is 13.0 Å². The number of likely N-dealkylation sites (N-methyl/N-ethyl adjacent to an activating group) is 1. The minimum absolute atomic E-state index is 0.0442. The summed E-state index contributed by atoms with van der Waals surface area (Å²) >= 11 is 2.42. The van der Waals surface area contributed by atoms with Crippen LogP contribution in [0.15, 0.2) is 48.5 Å². The number of unbranched alkanes of at least 4 members (excludes halogenated alkanes) is 3. The van der Waals surface area contributed by atoms with E-state index >= 15 is 0 Å². The summed E-state index contributed by atoms with van der Waals surface area (Å²) < 4.78 is 51.2. The van der Waals surface area contributed by atoms with Crippen molar-refractivity contribution in [2.45, 2.75) is 31.6 Å². The Labute approximate surface area is 312 Å². The molecule has 1 aliphatic carbocycles. The molecule has 1 aliphatic rings. The van der Waals surface area contributed by atoms with Crippen molar-refractivity contribution in [3.8, 4) is 11.1 Å². The number of benzene rings is 2. The third kappa shape index (κ3) is 18.1. The van der Waals surface area contributed by atoms with Gasteiger partial charge < -0.3 is 47.5 Å². The Bertz CT molecular complexity index is 1100. The molecule has 0 fully saturated rings. The molecule has 11 nitrogen and oxygen atoms in total. The van der Waals surface area contributed by atoms with Gasteiger partial charge in [0.1, 0.15) is 6.61 Å². The van der Waals surface area contributed by atoms with Crippen LogP contribution in [-0.2, 0) is 42.6 Å². The third-order valence-electron chi connectivity index (χ3n) is 8.00. The Hall–Kier alpha value is -1.88. The highest BCUT2D eigenvalue weighted by Gasteiger charge is 2.29. The first kappa shape index (κ1) is 42.5. The van der Waals surface area contributed by atoms with E-state index in [2.05, 4.69) is 46.9 Å². The highest BCUT2D eigenvalue weighted by molar-refractivity contribution is 14.1. The molecule has 0 atom stereocenters. The van der Waals surface area contributed by atoms with Crippen LogP contribution < -0.4 is 0 Å². The molecule has 0 N–H and O–H groups in total. The van der Waals surface area contributed by atoms with Crippen LogP contribution in [0.1, 0.15) is 42.7 Å². The van der Waals surface area contributed by atoms with Gasteiger partial charge in [-0.25, -0.2) is 4.79 Å². The second-order valence-corrected chi connectivity index (χ2v) is 12.8. The largest absolute Gasteiger partial charge is 0.448 e. The zero-order valence-electron chi connectivity index (χ0n) is 29.9. The average molecular weight is 816 g/mol. The van der Waals surface area contributed by atoms with Crippen molar-refractivity contribution in [2.75, 3.05) is 130 Å². The van der Waals surface area contributed by atoms with Crippen molar-refractivity contribution in [3.63, 3.8) is 0 Å². The molecule has 12 heteroatoms. The third-order valence-corrected chi connectivity index (χ3v) is 8.76. The number of rotatable bonds is 32. The van der Waals surface area contributed by atoms with E-state index in [4.69, 9.17) is 42.6 Å². The number of hydrogen-bond acceptors (Lipinski definition) is 10. The van der Waals surface area contributed by atoms with Crippen molar-refractivity contribution in [1.82, 2.24) is 4.90 Å². The number of fused-ring (bicyclic) bond motifs is 3. The van der Waals surface area contributed by atoms with Gasteiger partial charge in [-0.3, -0.25) is 0 Å². The van der Waals surface area contributed by atoms with Crippen molar-refractivity contribution < 1.29 is 47.4 Å². The zero-order chi connectivity index (χ0) is 35.3. The Morgan fingerprint density at radius 2 is 0.920 bits per heavy atom. The molecule has 50 heavy (non-hydrogen) atoms. The molecule has 0 heterocycles. The molecule has 0 unspecified atom stereocenters. The second-order valence-electron chi connectivity index (χ2n) is 11.7. The van der Waals surface area contributed by atoms with Crippen molar-refractivity contribution >= 4 is 28.7 Å². The van der Waals surface area contributed by atoms with Crippen LogP contribution in [0.25, 0.3) is 11.1 Å². The summed E-state index contributed by atoms with van der Waals surface area (Å²) in [6.07, 6.45) is 4.61. The Morgan fingerprint density at radius 3 is 1.36 bits per heavy atom. The fourth-order valence-corrected chi connectivity index (χ4v) is 5.83. The monoisotopic (exact) mass is 815 g/mol. The van der Waals surface area contributed by atoms with E-state index in [9.17, 15) is 4.79 Å². The first-order chi connectivity index (χ1) is 24.7. The summed E-state index contributed by atoms with van der Waals surface area (Å²) in [5.41, 5.74) is 4.81. The van der Waals surface area contributed by atoms with Gasteiger partial charge in [-0.1, -0.05) is 84.0 Å². The van der Waals surface area contributed by atoms with Crippen LogP contribution in [-0.4, -0.2) is 141 Å². The van der Waals surface area contributed by atoms with E-state index in [-0.39, 0.29) is 12.0 Å². The van der Waals surface area contributed by atoms with Crippen molar-refractivity contribution in [2.24, 2.45) is 0 Å². The molecule has 0 aliphatic heterocycles. The first-order valence-electron chi connectivity index (χ1n) is 18.0. The van der Waals surface area contributed by atoms with Gasteiger partial charge in [-0.05, 0) is 39.5 Å². The lowest BCUT2D eigenvalue weighted by Gasteiger charge is -2.19. The number of carbonyl (C=O) groups is 1. The Kier molecular flexibility index (Phi) is 24.4. The lowest BCUT2D eigenvalue weighted by Crippen LogP contribution is -2.32. The lowest BCUT2D eigenvalue weighted by molar-refractivity contribution is -0.0234. The maximum absolute atomic E-state index is 12.6. The van der Waals surface area contributed by atoms with Crippen LogP contribution in [0, 0.1) is 0 Å². The molecule has 0 spiro atoms. The molecule has 0 saturated carbocycles. The minimum atomic E-state index is -0.359. The summed E-state index contributed by atoms with van der Waals surface area (Å²) in [6, 6.07) is 16.6. The highest BCUT2D eigenvalue weighted by atomic mass is 127. The molecular weight excluding hydrogens is 757 g/mol. The van der Waals surface area contributed by atoms with Gasteiger partial charge in [-0.15, -0.1) is 0 Å². The van der Waals surface area contributed by atoms with E-state index in [1.165, 1.54) is 50.8 Å². The maximum Gasteiger partial charge on any atom is 0.409 e. The summed E-state index contributed by atoms with van der Waals surface area (Å²) in [6.45, 7) is 9.24. The van der Waals surface area contributed by atoms with E-state index in [0.29, 0.717) is 112 Å². The number of nitrogens with zero attached hydrogens (tertiary/aromatic N) is 1. The SMILES string of the molecule is CN(CCOCCOCCOCCOCCOCCOCCOCCOCCCCCCI)C(=O)OCC1c2ccccc2-c2ccccc21. The smallest absolute Gasteiger partial charge is 0.409 e. The maximum atomic E-state index is 12.6. The van der Waals surface area contributed by atoms with Crippen molar-refractivity contribution in [1.29, 1.82) is 0 Å². The number of ether oxygens (including phenoxy) is 9. The van der Waals surface area contributed by atoms with E-state index < -0.39 is 0 Å². The van der Waals surface area contributed by atoms with Gasteiger partial charge in [0.25, 0.3) is 0 Å². The normalized spacial score (nSPS) is 12.3. The fourth-order valence-electron chi connectivity index (χ4n) is 5.29. The summed E-state index contributed by atoms with van der Waals surface area (Å²) in [4.78, 5) is 14.1. The molecule has 0 saturated heterocycles. The minimum Gasteiger partial charge on any atom is -0.448 e. The molecule has 2 aromatic carbocycles. The molecule has 2 aromatic rings. The lowest BCUT2D eigenvalue weighted by atomic mass is 9.98. The van der Waals surface area contributed by atoms with Gasteiger partial charge in [0.2, 0.25) is 0 Å². The van der Waals surface area contributed by atoms with E-state index in [1.54, 1.807) is 7.05 Å². The standard InChI is InChI=1S/C38H58INO10/c1-40(38(41)50-32-37-35-12-6-4-10-33(35)34-11-5-7-13-36(34)37)15-17-43-19-21-45-23-25-47-27-29-49-31-30-48-28-26-46-24-22-44-20-18-42-16-9-3-2-8-14-39/h4-7,10-13,37H,2-3,8-9,14-32H2,1H3. The number of carbonyl (C=O) groups excluding carboxylic acids is 1. The quantitative estimate of drug-likeness (QED) is 0.0497. The van der Waals surface area contributed by atoms with Gasteiger partial charge in [-0.2, -0.15) is 0 Å². The molecule has 3 rings (SSSR count). The molecular formula is C38H58INO10. The van der Waals surface area contributed by atoms with Gasteiger partial charge in [0.05, 0.1) is 99.1 Å². The van der Waals surface area contributed by atoms with Crippen LogP contribution in [0.3, 0.4) is 0 Å². The van der Waals surface area contributed by atoms with Crippen LogP contribution >= 0.6 is 22.6 Å². The average Bonchev–Trinajstić information content (AvgIpc) is 3.46. The Morgan fingerprint density at radius 1 is 0.540 bits per heavy atom. The van der Waals surface area contributed by atoms with Crippen molar-refractivity contribution in [3.05, 3.63) is 59.7 Å². The predicted molar refractivity (Wildman–Crippen MR) is 202 cm³/mol. The molecule has 282 valence electrons. The number of amides is 1. The van der Waals surface area contributed by atoms with Crippen LogP contribution in [0.5, 0.6) is 0 Å². The number of halogens is 1. The molecule has 0 radical (unpaired) electrons. The molecule has 1 amide bonds. The second kappa shape index (κ2) is 28.7. The Balaban J connectivity index is 1.00. The summed E-state index contributed by atoms with van der Waals surface area (Å²) in [5.74, 6) is 0.0442. The number of hydrogen-bond donors (Lipinski definition) is 0. The van der Waals surface area contributed by atoms with Gasteiger partial charge in [0, 0.05) is 26.1 Å². The molecule has 0 aromatic heterocycles. The van der Waals surface area contributed by atoms with E-state index in [1.807, 2.05) is 24.3 Å². The highest BCUT2D eigenvalue weighted by Crippen LogP contribution is 2.44. The first-order valence-corrected chi connectivity index (χ1v) is 19.5. The molecule has 0 bridgehead atoms.